The Hall–Kier alpha value is -6.24. The van der Waals surface area contributed by atoms with Crippen molar-refractivity contribution >= 4 is 86.0 Å². The summed E-state index contributed by atoms with van der Waals surface area (Å²) in [5.74, 6) is 0.490. The average Bonchev–Trinajstić information content (AvgIpc) is 4.00. The smallest absolute Gasteiger partial charge is 0.291 e. The van der Waals surface area contributed by atoms with E-state index in [0.717, 1.165) is 0 Å². The number of amides is 3. The van der Waals surface area contributed by atoms with E-state index in [2.05, 4.69) is 45.9 Å². The number of carbonyl (C=O) groups is 3. The number of rotatable bonds is 8. The Morgan fingerprint density at radius 1 is 0.679 bits per heavy atom. The maximum atomic E-state index is 12.2. The lowest BCUT2D eigenvalue weighted by molar-refractivity contribution is -0.118. The number of aromatic amines is 2. The van der Waals surface area contributed by atoms with Gasteiger partial charge in [0, 0.05) is 28.4 Å². The number of pyridine rings is 2. The first-order chi connectivity index (χ1) is 26.5. The second-order valence-electron chi connectivity index (χ2n) is 12.3. The van der Waals surface area contributed by atoms with Crippen molar-refractivity contribution in [2.24, 2.45) is 5.92 Å². The molecule has 56 heavy (non-hydrogen) atoms. The Morgan fingerprint density at radius 2 is 1.18 bits per heavy atom. The van der Waals surface area contributed by atoms with Gasteiger partial charge in [-0.15, -0.1) is 0 Å². The molecule has 3 amide bonds. The summed E-state index contributed by atoms with van der Waals surface area (Å²) < 4.78 is 10.2. The number of nitrogen functional groups attached to an aromatic ring is 1. The Morgan fingerprint density at radius 3 is 1.66 bits per heavy atom. The molecule has 284 valence electrons. The third-order valence-electron chi connectivity index (χ3n) is 7.94. The minimum absolute atomic E-state index is 0. The number of H-pyrrole nitrogens is 2. The molecule has 0 aliphatic rings. The number of nitrogens with one attached hydrogen (secondary N) is 5. The molecule has 7 N–H and O–H groups in total. The fourth-order valence-electron chi connectivity index (χ4n) is 5.20. The highest BCUT2D eigenvalue weighted by atomic mass is 127. The first-order valence-corrected chi connectivity index (χ1v) is 17.3. The molecule has 2 aromatic carbocycles. The number of aromatic nitrogens is 6. The van der Waals surface area contributed by atoms with Crippen molar-refractivity contribution in [3.8, 4) is 22.8 Å². The summed E-state index contributed by atoms with van der Waals surface area (Å²) in [5.41, 5.74) is 11.5. The van der Waals surface area contributed by atoms with Crippen LogP contribution in [0.15, 0.2) is 107 Å². The summed E-state index contributed by atoms with van der Waals surface area (Å²) >= 11 is 12.7. The highest BCUT2D eigenvalue weighted by molar-refractivity contribution is 6.33. The van der Waals surface area contributed by atoms with Gasteiger partial charge in [-0.1, -0.05) is 37.0 Å². The molecule has 0 aliphatic carbocycles. The van der Waals surface area contributed by atoms with Crippen molar-refractivity contribution in [3.63, 3.8) is 0 Å². The van der Waals surface area contributed by atoms with Crippen LogP contribution in [0.5, 0.6) is 0 Å². The summed E-state index contributed by atoms with van der Waals surface area (Å²) in [6, 6.07) is 20.1. The highest BCUT2D eigenvalue weighted by Crippen LogP contribution is 2.32. The van der Waals surface area contributed by atoms with Gasteiger partial charge >= 0.3 is 0 Å². The van der Waals surface area contributed by atoms with Gasteiger partial charge in [-0.3, -0.25) is 14.4 Å². The maximum absolute atomic E-state index is 12.2. The molecule has 0 saturated heterocycles. The Kier molecular flexibility index (Phi) is 12.0. The van der Waals surface area contributed by atoms with Crippen molar-refractivity contribution in [3.05, 3.63) is 119 Å². The minimum atomic E-state index is -0.370. The van der Waals surface area contributed by atoms with Crippen molar-refractivity contribution < 1.29 is 47.2 Å². The quantitative estimate of drug-likeness (QED) is 0.106. The molecule has 0 radical (unpaired) electrons. The average molecular weight is 905 g/mol. The third kappa shape index (κ3) is 8.99. The van der Waals surface area contributed by atoms with Crippen LogP contribution in [-0.2, 0) is 4.79 Å². The molecule has 6 aromatic heterocycles. The molecule has 0 aliphatic heterocycles. The number of nitrogens with zero attached hydrogens (tertiary/aromatic N) is 4. The fraction of sp³-hybridized carbons (Fsp3) is 0.0789. The molecule has 8 aromatic rings. The molecule has 6 heterocycles. The number of halogens is 3. The van der Waals surface area contributed by atoms with Crippen molar-refractivity contribution in [2.75, 3.05) is 21.7 Å². The first kappa shape index (κ1) is 39.5. The SMILES string of the molecule is CC(C)C(=O)Nc1cnc2nc(-c3cc(NC(=O)c4ccco4)ccc3Cl)[nH]c2c1.Nc1cnc2nc(-c3cc(NC(=O)c4ccco4)ccc3Cl)[nH]c2c1.[I-]. The van der Waals surface area contributed by atoms with Gasteiger partial charge in [-0.2, -0.15) is 0 Å². The van der Waals surface area contributed by atoms with Crippen LogP contribution in [0.4, 0.5) is 22.7 Å². The number of nitrogens with two attached hydrogens (primary N) is 1. The predicted molar refractivity (Wildman–Crippen MR) is 210 cm³/mol. The summed E-state index contributed by atoms with van der Waals surface area (Å²) in [6.07, 6.45) is 5.96. The van der Waals surface area contributed by atoms with Crippen LogP contribution in [0, 0.1) is 5.92 Å². The van der Waals surface area contributed by atoms with Gasteiger partial charge in [-0.05, 0) is 72.8 Å². The molecule has 0 saturated carbocycles. The fourth-order valence-corrected chi connectivity index (χ4v) is 5.61. The topological polar surface area (TPSA) is 223 Å². The largest absolute Gasteiger partial charge is 1.00 e. The monoisotopic (exact) mass is 903 g/mol. The van der Waals surface area contributed by atoms with Crippen LogP contribution in [0.2, 0.25) is 10.0 Å². The minimum Gasteiger partial charge on any atom is -1.00 e. The lowest BCUT2D eigenvalue weighted by Crippen LogP contribution is -3.00. The Bertz CT molecular complexity index is 2680. The molecule has 15 nitrogen and oxygen atoms in total. The van der Waals surface area contributed by atoms with Gasteiger partial charge in [0.25, 0.3) is 11.8 Å². The van der Waals surface area contributed by atoms with Crippen LogP contribution >= 0.6 is 23.2 Å². The van der Waals surface area contributed by atoms with E-state index in [1.54, 1.807) is 79.0 Å². The molecule has 0 bridgehead atoms. The number of benzene rings is 2. The van der Waals surface area contributed by atoms with Gasteiger partial charge in [0.2, 0.25) is 5.91 Å². The van der Waals surface area contributed by atoms with E-state index in [1.807, 2.05) is 13.8 Å². The number of furan rings is 2. The van der Waals surface area contributed by atoms with Gasteiger partial charge in [0.1, 0.15) is 11.6 Å². The third-order valence-corrected chi connectivity index (χ3v) is 8.60. The zero-order chi connectivity index (χ0) is 38.6. The number of fused-ring (bicyclic) bond motifs is 2. The van der Waals surface area contributed by atoms with Crippen LogP contribution < -0.4 is 45.7 Å². The van der Waals surface area contributed by atoms with Crippen molar-refractivity contribution in [1.29, 1.82) is 0 Å². The van der Waals surface area contributed by atoms with Crippen LogP contribution in [0.25, 0.3) is 45.1 Å². The predicted octanol–water partition coefficient (Wildman–Crippen LogP) is 5.43. The summed E-state index contributed by atoms with van der Waals surface area (Å²) in [4.78, 5) is 59.9. The van der Waals surface area contributed by atoms with E-state index in [0.29, 0.717) is 77.9 Å². The normalized spacial score (nSPS) is 10.8. The van der Waals surface area contributed by atoms with E-state index in [-0.39, 0.29) is 59.1 Å². The van der Waals surface area contributed by atoms with Gasteiger partial charge in [-0.25, -0.2) is 19.9 Å². The molecule has 0 unspecified atom stereocenters. The van der Waals surface area contributed by atoms with Crippen molar-refractivity contribution in [2.45, 2.75) is 13.8 Å². The van der Waals surface area contributed by atoms with Crippen LogP contribution in [0.1, 0.15) is 35.0 Å². The van der Waals surface area contributed by atoms with Crippen molar-refractivity contribution in [1.82, 2.24) is 29.9 Å². The van der Waals surface area contributed by atoms with Gasteiger partial charge in [0.05, 0.1) is 57.4 Å². The summed E-state index contributed by atoms with van der Waals surface area (Å²) in [5, 5.41) is 9.27. The highest BCUT2D eigenvalue weighted by Gasteiger charge is 2.16. The molecular formula is C38H30Cl2IN10O5-. The number of imidazole rings is 2. The van der Waals surface area contributed by atoms with Crippen LogP contribution in [-0.4, -0.2) is 47.6 Å². The van der Waals surface area contributed by atoms with Crippen LogP contribution in [0.3, 0.4) is 0 Å². The molecule has 0 spiro atoms. The Balaban J connectivity index is 0.000000189. The second-order valence-corrected chi connectivity index (χ2v) is 13.1. The molecule has 8 rings (SSSR count). The number of hydrogen-bond donors (Lipinski definition) is 6. The number of anilines is 4. The standard InChI is InChI=1S/C21H18ClN5O3.C17H12ClN5O2.HI/c1-11(2)20(28)25-13-9-16-19(23-10-13)27-18(26-16)14-8-12(5-6-15(14)22)24-21(29)17-4-3-7-30-17;18-12-4-3-10(21-17(24)14-2-1-5-25-14)7-11(12)15-22-13-6-9(19)8-20-16(13)23-15;/h3-11H,1-2H3,(H,24,29)(H,25,28)(H,23,26,27);1-8H,19H2,(H,21,24)(H,20,22,23);1H/p-1. The van der Waals surface area contributed by atoms with E-state index in [1.165, 1.54) is 18.7 Å². The lowest BCUT2D eigenvalue weighted by Gasteiger charge is -2.07. The van der Waals surface area contributed by atoms with E-state index >= 15 is 0 Å². The molecular weight excluding hydrogens is 874 g/mol. The van der Waals surface area contributed by atoms with Gasteiger partial charge < -0.3 is 64.5 Å². The molecule has 0 atom stereocenters. The first-order valence-electron chi connectivity index (χ1n) is 16.6. The molecule has 18 heteroatoms. The van der Waals surface area contributed by atoms with E-state index in [4.69, 9.17) is 37.8 Å². The maximum Gasteiger partial charge on any atom is 0.291 e. The molecule has 0 fully saturated rings. The van der Waals surface area contributed by atoms with E-state index < -0.39 is 0 Å². The zero-order valence-corrected chi connectivity index (χ0v) is 33.0. The number of hydrogen-bond acceptors (Lipinski definition) is 10. The zero-order valence-electron chi connectivity index (χ0n) is 29.4. The number of carbonyl (C=O) groups excluding carboxylic acids is 3. The lowest BCUT2D eigenvalue weighted by atomic mass is 10.2. The second kappa shape index (κ2) is 17.1. The summed E-state index contributed by atoms with van der Waals surface area (Å²) in [7, 11) is 0. The van der Waals surface area contributed by atoms with E-state index in [9.17, 15) is 14.4 Å². The van der Waals surface area contributed by atoms with Gasteiger partial charge in [0.15, 0.2) is 22.8 Å². The Labute approximate surface area is 344 Å². The summed E-state index contributed by atoms with van der Waals surface area (Å²) in [6.45, 7) is 3.63.